The number of hydrogen-bond donors (Lipinski definition) is 1. The van der Waals surface area contributed by atoms with Crippen LogP contribution in [-0.2, 0) is 9.84 Å². The lowest BCUT2D eigenvalue weighted by molar-refractivity contribution is 0.502. The summed E-state index contributed by atoms with van der Waals surface area (Å²) in [7, 11) is -2.94. The van der Waals surface area contributed by atoms with Gasteiger partial charge in [-0.1, -0.05) is 18.2 Å². The van der Waals surface area contributed by atoms with Crippen LogP contribution in [0.5, 0.6) is 0 Å². The molecule has 0 bridgehead atoms. The first-order valence-electron chi connectivity index (χ1n) is 5.92. The third-order valence-electron chi connectivity index (χ3n) is 3.60. The van der Waals surface area contributed by atoms with E-state index >= 15 is 0 Å². The van der Waals surface area contributed by atoms with Gasteiger partial charge in [0, 0.05) is 12.6 Å². The highest BCUT2D eigenvalue weighted by molar-refractivity contribution is 7.92. The van der Waals surface area contributed by atoms with Gasteiger partial charge in [0.25, 0.3) is 0 Å². The predicted octanol–water partition coefficient (Wildman–Crippen LogP) is 1.75. The van der Waals surface area contributed by atoms with Gasteiger partial charge in [0.2, 0.25) is 0 Å². The summed E-state index contributed by atoms with van der Waals surface area (Å²) in [6.07, 6.45) is 0. The molecule has 0 radical (unpaired) electrons. The first kappa shape index (κ1) is 12.6. The minimum absolute atomic E-state index is 0.0597. The summed E-state index contributed by atoms with van der Waals surface area (Å²) in [5.74, 6) is 0.205. The number of aryl methyl sites for hydroxylation is 2. The topological polar surface area (TPSA) is 46.2 Å². The van der Waals surface area contributed by atoms with E-state index in [0.717, 1.165) is 5.56 Å². The highest BCUT2D eigenvalue weighted by Gasteiger charge is 2.31. The minimum Gasteiger partial charge on any atom is -0.308 e. The second-order valence-corrected chi connectivity index (χ2v) is 7.41. The average Bonchev–Trinajstić information content (AvgIpc) is 2.26. The number of nitrogens with one attached hydrogen (secondary N) is 1. The Morgan fingerprint density at radius 2 is 1.94 bits per heavy atom. The van der Waals surface area contributed by atoms with Gasteiger partial charge in [-0.3, -0.25) is 0 Å². The smallest absolute Gasteiger partial charge is 0.156 e. The Morgan fingerprint density at radius 3 is 2.53 bits per heavy atom. The summed E-state index contributed by atoms with van der Waals surface area (Å²) in [5, 5.41) is 3.04. The molecule has 4 heteroatoms. The van der Waals surface area contributed by atoms with Crippen LogP contribution in [0.2, 0.25) is 0 Å². The first-order chi connectivity index (χ1) is 7.90. The maximum Gasteiger partial charge on any atom is 0.156 e. The fourth-order valence-corrected chi connectivity index (χ4v) is 3.54. The van der Waals surface area contributed by atoms with Crippen LogP contribution in [0.15, 0.2) is 18.2 Å². The van der Waals surface area contributed by atoms with Crippen LogP contribution < -0.4 is 5.32 Å². The van der Waals surface area contributed by atoms with Gasteiger partial charge in [-0.25, -0.2) is 8.42 Å². The molecule has 1 heterocycles. The van der Waals surface area contributed by atoms with Gasteiger partial charge < -0.3 is 5.32 Å². The molecule has 2 unspecified atom stereocenters. The molecule has 1 N–H and O–H groups in total. The molecule has 0 amide bonds. The van der Waals surface area contributed by atoms with E-state index < -0.39 is 9.84 Å². The zero-order valence-electron chi connectivity index (χ0n) is 10.5. The van der Waals surface area contributed by atoms with Crippen molar-refractivity contribution in [2.45, 2.75) is 32.1 Å². The van der Waals surface area contributed by atoms with Crippen molar-refractivity contribution < 1.29 is 8.42 Å². The second-order valence-electron chi connectivity index (χ2n) is 4.94. The zero-order valence-corrected chi connectivity index (χ0v) is 11.3. The quantitative estimate of drug-likeness (QED) is 0.829. The lowest BCUT2D eigenvalue weighted by Crippen LogP contribution is -2.44. The van der Waals surface area contributed by atoms with E-state index in [0.29, 0.717) is 6.54 Å². The van der Waals surface area contributed by atoms with Crippen LogP contribution in [0.3, 0.4) is 0 Å². The van der Waals surface area contributed by atoms with Gasteiger partial charge in [0.1, 0.15) is 0 Å². The summed E-state index contributed by atoms with van der Waals surface area (Å²) < 4.78 is 23.8. The van der Waals surface area contributed by atoms with Crippen LogP contribution in [0.25, 0.3) is 0 Å². The summed E-state index contributed by atoms with van der Waals surface area (Å²) in [6, 6.07) is 6.09. The predicted molar refractivity (Wildman–Crippen MR) is 69.9 cm³/mol. The summed E-state index contributed by atoms with van der Waals surface area (Å²) in [5.41, 5.74) is 3.52. The second kappa shape index (κ2) is 4.42. The van der Waals surface area contributed by atoms with Gasteiger partial charge in [-0.2, -0.15) is 0 Å². The van der Waals surface area contributed by atoms with Crippen molar-refractivity contribution in [3.63, 3.8) is 0 Å². The molecule has 1 aromatic carbocycles. The van der Waals surface area contributed by atoms with Crippen LogP contribution in [0.1, 0.15) is 29.7 Å². The molecule has 94 valence electrons. The molecule has 17 heavy (non-hydrogen) atoms. The van der Waals surface area contributed by atoms with Crippen LogP contribution in [-0.4, -0.2) is 26.0 Å². The maximum absolute atomic E-state index is 11.9. The average molecular weight is 253 g/mol. The standard InChI is InChI=1S/C13H19NO2S/c1-9-4-5-12(6-10(9)2)13-8-17(15,16)11(3)7-14-13/h4-6,11,13-14H,7-8H2,1-3H3. The monoisotopic (exact) mass is 253 g/mol. The SMILES string of the molecule is Cc1ccc(C2CS(=O)(=O)C(C)CN2)cc1C. The lowest BCUT2D eigenvalue weighted by Gasteiger charge is -2.28. The van der Waals surface area contributed by atoms with Gasteiger partial charge in [0.05, 0.1) is 11.0 Å². The van der Waals surface area contributed by atoms with Crippen LogP contribution >= 0.6 is 0 Å². The summed E-state index contributed by atoms with van der Waals surface area (Å²) >= 11 is 0. The largest absolute Gasteiger partial charge is 0.308 e. The van der Waals surface area contributed by atoms with Crippen molar-refractivity contribution in [3.05, 3.63) is 34.9 Å². The Morgan fingerprint density at radius 1 is 1.24 bits per heavy atom. The van der Waals surface area contributed by atoms with Crippen molar-refractivity contribution in [1.82, 2.24) is 5.32 Å². The Hall–Kier alpha value is -0.870. The normalized spacial score (nSPS) is 27.9. The van der Waals surface area contributed by atoms with Crippen molar-refractivity contribution in [1.29, 1.82) is 0 Å². The fourth-order valence-electron chi connectivity index (χ4n) is 2.09. The molecule has 1 saturated heterocycles. The Kier molecular flexibility index (Phi) is 3.27. The molecule has 0 aliphatic carbocycles. The van der Waals surface area contributed by atoms with Crippen LogP contribution in [0.4, 0.5) is 0 Å². The molecule has 0 aromatic heterocycles. The first-order valence-corrected chi connectivity index (χ1v) is 7.64. The highest BCUT2D eigenvalue weighted by Crippen LogP contribution is 2.23. The Labute approximate surface area is 103 Å². The van der Waals surface area contributed by atoms with E-state index in [9.17, 15) is 8.42 Å². The molecule has 3 nitrogen and oxygen atoms in total. The molecule has 2 atom stereocenters. The molecule has 1 aromatic rings. The Bertz CT molecular complexity index is 522. The highest BCUT2D eigenvalue weighted by atomic mass is 32.2. The van der Waals surface area contributed by atoms with Gasteiger partial charge in [-0.15, -0.1) is 0 Å². The molecular formula is C13H19NO2S. The molecule has 1 aliphatic rings. The van der Waals surface area contributed by atoms with E-state index in [-0.39, 0.29) is 17.0 Å². The minimum atomic E-state index is -2.94. The van der Waals surface area contributed by atoms with Crippen molar-refractivity contribution in [2.24, 2.45) is 0 Å². The molecule has 1 fully saturated rings. The van der Waals surface area contributed by atoms with E-state index in [4.69, 9.17) is 0 Å². The number of benzene rings is 1. The van der Waals surface area contributed by atoms with Crippen molar-refractivity contribution in [3.8, 4) is 0 Å². The Balaban J connectivity index is 2.27. The summed E-state index contributed by atoms with van der Waals surface area (Å²) in [4.78, 5) is 0. The third-order valence-corrected chi connectivity index (χ3v) is 5.79. The van der Waals surface area contributed by atoms with Gasteiger partial charge >= 0.3 is 0 Å². The molecule has 0 spiro atoms. The van der Waals surface area contributed by atoms with E-state index in [1.54, 1.807) is 6.92 Å². The van der Waals surface area contributed by atoms with Gasteiger partial charge in [-0.05, 0) is 37.5 Å². The number of rotatable bonds is 1. The fraction of sp³-hybridized carbons (Fsp3) is 0.538. The number of sulfone groups is 1. The van der Waals surface area contributed by atoms with Crippen molar-refractivity contribution >= 4 is 9.84 Å². The van der Waals surface area contributed by atoms with E-state index in [1.807, 2.05) is 6.07 Å². The molecule has 2 rings (SSSR count). The van der Waals surface area contributed by atoms with E-state index in [1.165, 1.54) is 11.1 Å². The van der Waals surface area contributed by atoms with E-state index in [2.05, 4.69) is 31.3 Å². The maximum atomic E-state index is 11.9. The molecule has 0 saturated carbocycles. The number of hydrogen-bond acceptors (Lipinski definition) is 3. The molecular weight excluding hydrogens is 234 g/mol. The molecule has 1 aliphatic heterocycles. The summed E-state index contributed by atoms with van der Waals surface area (Å²) in [6.45, 7) is 6.42. The van der Waals surface area contributed by atoms with Crippen LogP contribution in [0, 0.1) is 13.8 Å². The lowest BCUT2D eigenvalue weighted by atomic mass is 10.0. The zero-order chi connectivity index (χ0) is 12.6. The van der Waals surface area contributed by atoms with Gasteiger partial charge in [0.15, 0.2) is 9.84 Å². The third kappa shape index (κ3) is 2.53. The van der Waals surface area contributed by atoms with Crippen molar-refractivity contribution in [2.75, 3.05) is 12.3 Å².